The van der Waals surface area contributed by atoms with E-state index in [-0.39, 0.29) is 6.17 Å². The summed E-state index contributed by atoms with van der Waals surface area (Å²) in [5.74, 6) is 1.46. The van der Waals surface area contributed by atoms with Crippen LogP contribution in [0.2, 0.25) is 0 Å². The van der Waals surface area contributed by atoms with Crippen LogP contribution in [0.5, 0.6) is 0 Å². The zero-order valence-corrected chi connectivity index (χ0v) is 31.4. The van der Waals surface area contributed by atoms with Gasteiger partial charge in [-0.1, -0.05) is 133 Å². The zero-order valence-electron chi connectivity index (χ0n) is 30.6. The van der Waals surface area contributed by atoms with Crippen molar-refractivity contribution in [2.45, 2.75) is 6.17 Å². The number of benzene rings is 8. The number of hydrogen-bond donors (Lipinski definition) is 1. The number of amidine groups is 2. The van der Waals surface area contributed by atoms with Gasteiger partial charge in [-0.15, -0.1) is 11.3 Å². The average Bonchev–Trinajstić information content (AvgIpc) is 3.96. The summed E-state index contributed by atoms with van der Waals surface area (Å²) in [4.78, 5) is 10.1. The van der Waals surface area contributed by atoms with Gasteiger partial charge in [-0.25, -0.2) is 9.98 Å². The van der Waals surface area contributed by atoms with Crippen LogP contribution in [-0.2, 0) is 0 Å². The van der Waals surface area contributed by atoms with Crippen LogP contribution < -0.4 is 5.32 Å². The highest BCUT2D eigenvalue weighted by atomic mass is 32.1. The normalized spacial score (nSPS) is 14.5. The fourth-order valence-corrected chi connectivity index (χ4v) is 9.83. The molecule has 57 heavy (non-hydrogen) atoms. The van der Waals surface area contributed by atoms with Gasteiger partial charge >= 0.3 is 0 Å². The van der Waals surface area contributed by atoms with Crippen LogP contribution in [0.4, 0.5) is 0 Å². The molecule has 1 unspecified atom stereocenters. The van der Waals surface area contributed by atoms with E-state index in [1.165, 1.54) is 47.7 Å². The molecular weight excluding hydrogens is 717 g/mol. The Morgan fingerprint density at radius 3 is 2.04 bits per heavy atom. The molecule has 4 heterocycles. The van der Waals surface area contributed by atoms with E-state index in [0.717, 1.165) is 55.6 Å². The molecule has 0 saturated carbocycles. The Morgan fingerprint density at radius 1 is 0.526 bits per heavy atom. The maximum atomic E-state index is 6.62. The first-order valence-electron chi connectivity index (χ1n) is 19.2. The van der Waals surface area contributed by atoms with Crippen molar-refractivity contribution in [3.63, 3.8) is 0 Å². The standard InChI is InChI=1S/C51H32N4OS/c1-3-13-31(14-4-1)49-52-50(32-15-5-2-6-16-32)54-51(53-49)34-25-27-39-45(30-34)56-44-24-12-19-35(47(39)44)33-26-28-46-40(29-33)38-20-11-23-43(48(38)57-46)55-41-21-9-7-17-36(41)37-18-8-10-22-42(37)55/h1-30,49H,(H,52,53,54). The molecule has 1 aliphatic rings. The van der Waals surface area contributed by atoms with Crippen LogP contribution in [-0.4, -0.2) is 16.2 Å². The SMILES string of the molecule is c1ccc(C2=NC(c3ccc4c(c3)oc3cccc(-c5ccc6sc7c(-n8c9ccccc9c9ccccc98)cccc7c6c5)c34)=NC(c3ccccc3)N2)cc1. The molecular formula is C51H32N4OS. The summed E-state index contributed by atoms with van der Waals surface area (Å²) < 4.78 is 11.6. The molecule has 6 heteroatoms. The van der Waals surface area contributed by atoms with Crippen LogP contribution in [0.15, 0.2) is 196 Å². The third kappa shape index (κ3) is 5.08. The minimum absolute atomic E-state index is 0.270. The lowest BCUT2D eigenvalue weighted by Crippen LogP contribution is -2.33. The fraction of sp³-hybridized carbons (Fsp3) is 0.0196. The molecule has 11 aromatic rings. The van der Waals surface area contributed by atoms with Gasteiger partial charge < -0.3 is 14.3 Å². The van der Waals surface area contributed by atoms with Gasteiger partial charge in [-0.05, 0) is 65.2 Å². The maximum absolute atomic E-state index is 6.62. The minimum atomic E-state index is -0.270. The Balaban J connectivity index is 0.980. The lowest BCUT2D eigenvalue weighted by Gasteiger charge is -2.23. The van der Waals surface area contributed by atoms with E-state index in [4.69, 9.17) is 14.4 Å². The van der Waals surface area contributed by atoms with E-state index >= 15 is 0 Å². The Bertz CT molecular complexity index is 3390. The largest absolute Gasteiger partial charge is 0.456 e. The summed E-state index contributed by atoms with van der Waals surface area (Å²) in [6, 6.07) is 64.3. The van der Waals surface area contributed by atoms with E-state index in [2.05, 4.69) is 155 Å². The van der Waals surface area contributed by atoms with E-state index in [0.29, 0.717) is 5.84 Å². The van der Waals surface area contributed by atoms with E-state index in [9.17, 15) is 0 Å². The third-order valence-electron chi connectivity index (χ3n) is 11.3. The number of nitrogens with zero attached hydrogens (tertiary/aromatic N) is 3. The number of fused-ring (bicyclic) bond motifs is 9. The molecule has 1 N–H and O–H groups in total. The molecule has 1 aliphatic heterocycles. The van der Waals surface area contributed by atoms with Crippen molar-refractivity contribution < 1.29 is 4.42 Å². The van der Waals surface area contributed by atoms with Crippen molar-refractivity contribution in [3.8, 4) is 16.8 Å². The number of nitrogens with one attached hydrogen (secondary N) is 1. The van der Waals surface area contributed by atoms with Crippen LogP contribution in [0.3, 0.4) is 0 Å². The van der Waals surface area contributed by atoms with Gasteiger partial charge in [0.05, 0.1) is 21.4 Å². The Morgan fingerprint density at radius 2 is 1.23 bits per heavy atom. The average molecular weight is 749 g/mol. The zero-order chi connectivity index (χ0) is 37.5. The molecule has 0 aliphatic carbocycles. The Labute approximate surface area is 331 Å². The molecule has 268 valence electrons. The van der Waals surface area contributed by atoms with Crippen LogP contribution in [0.1, 0.15) is 22.9 Å². The molecule has 1 atom stereocenters. The molecule has 0 bridgehead atoms. The summed E-state index contributed by atoms with van der Waals surface area (Å²) in [5, 5.41) is 10.8. The summed E-state index contributed by atoms with van der Waals surface area (Å²) in [6.45, 7) is 0. The molecule has 12 rings (SSSR count). The van der Waals surface area contributed by atoms with Crippen molar-refractivity contribution in [3.05, 3.63) is 199 Å². The van der Waals surface area contributed by atoms with Crippen molar-refractivity contribution >= 4 is 86.9 Å². The number of para-hydroxylation sites is 2. The van der Waals surface area contributed by atoms with Crippen molar-refractivity contribution in [2.24, 2.45) is 9.98 Å². The van der Waals surface area contributed by atoms with Gasteiger partial charge in [0.15, 0.2) is 5.84 Å². The number of furan rings is 1. The number of thiophene rings is 1. The van der Waals surface area contributed by atoms with Crippen molar-refractivity contribution in [1.29, 1.82) is 0 Å². The van der Waals surface area contributed by atoms with E-state index < -0.39 is 0 Å². The van der Waals surface area contributed by atoms with Crippen molar-refractivity contribution in [1.82, 2.24) is 9.88 Å². The van der Waals surface area contributed by atoms with E-state index in [1.54, 1.807) is 0 Å². The number of aliphatic imine (C=N–C) groups is 2. The van der Waals surface area contributed by atoms with Crippen LogP contribution in [0, 0.1) is 0 Å². The predicted octanol–water partition coefficient (Wildman–Crippen LogP) is 13.2. The summed E-state index contributed by atoms with van der Waals surface area (Å²) >= 11 is 1.86. The summed E-state index contributed by atoms with van der Waals surface area (Å²) in [7, 11) is 0. The molecule has 0 saturated heterocycles. The van der Waals surface area contributed by atoms with Gasteiger partial charge in [-0.3, -0.25) is 0 Å². The predicted molar refractivity (Wildman–Crippen MR) is 238 cm³/mol. The van der Waals surface area contributed by atoms with Gasteiger partial charge in [0.25, 0.3) is 0 Å². The maximum Gasteiger partial charge on any atom is 0.159 e. The molecule has 0 amide bonds. The fourth-order valence-electron chi connectivity index (χ4n) is 8.64. The lowest BCUT2D eigenvalue weighted by atomic mass is 9.97. The minimum Gasteiger partial charge on any atom is -0.456 e. The first-order chi connectivity index (χ1) is 28.2. The second kappa shape index (κ2) is 12.6. The molecule has 5 nitrogen and oxygen atoms in total. The van der Waals surface area contributed by atoms with Gasteiger partial charge in [0.1, 0.15) is 23.2 Å². The monoisotopic (exact) mass is 748 g/mol. The smallest absolute Gasteiger partial charge is 0.159 e. The quantitative estimate of drug-likeness (QED) is 0.191. The Kier molecular flexibility index (Phi) is 7.09. The second-order valence-electron chi connectivity index (χ2n) is 14.6. The molecule has 3 aromatic heterocycles. The molecule has 0 fully saturated rings. The van der Waals surface area contributed by atoms with Crippen LogP contribution in [0.25, 0.3) is 80.7 Å². The first kappa shape index (κ1) is 32.0. The van der Waals surface area contributed by atoms with E-state index in [1.807, 2.05) is 47.7 Å². The number of rotatable bonds is 5. The third-order valence-corrected chi connectivity index (χ3v) is 12.5. The van der Waals surface area contributed by atoms with Gasteiger partial charge in [0.2, 0.25) is 0 Å². The van der Waals surface area contributed by atoms with Gasteiger partial charge in [-0.2, -0.15) is 0 Å². The molecule has 0 radical (unpaired) electrons. The highest BCUT2D eigenvalue weighted by molar-refractivity contribution is 7.26. The summed E-state index contributed by atoms with van der Waals surface area (Å²) in [5.41, 5.74) is 10.6. The second-order valence-corrected chi connectivity index (χ2v) is 15.6. The lowest BCUT2D eigenvalue weighted by molar-refractivity contribution is 0.667. The first-order valence-corrected chi connectivity index (χ1v) is 20.0. The molecule has 0 spiro atoms. The Hall–Kier alpha value is -7.28. The number of aromatic nitrogens is 1. The number of hydrogen-bond acceptors (Lipinski definition) is 5. The highest BCUT2D eigenvalue weighted by Gasteiger charge is 2.23. The van der Waals surface area contributed by atoms with Crippen LogP contribution >= 0.6 is 11.3 Å². The molecule has 8 aromatic carbocycles. The summed E-state index contributed by atoms with van der Waals surface area (Å²) in [6.07, 6.45) is -0.270. The topological polar surface area (TPSA) is 54.8 Å². The van der Waals surface area contributed by atoms with Crippen molar-refractivity contribution in [2.75, 3.05) is 0 Å². The highest BCUT2D eigenvalue weighted by Crippen LogP contribution is 2.44. The van der Waals surface area contributed by atoms with Gasteiger partial charge in [0, 0.05) is 48.1 Å².